The molecular weight excluding hydrogens is 433 g/mol. The van der Waals surface area contributed by atoms with Crippen molar-refractivity contribution in [2.45, 2.75) is 35.3 Å². The highest BCUT2D eigenvalue weighted by molar-refractivity contribution is 6.32. The summed E-state index contributed by atoms with van der Waals surface area (Å²) in [5.41, 5.74) is -7.80. The molecule has 1 fully saturated rings. The van der Waals surface area contributed by atoms with E-state index in [1.54, 1.807) is 0 Å². The van der Waals surface area contributed by atoms with Gasteiger partial charge in [-0.25, -0.2) is 9.37 Å². The van der Waals surface area contributed by atoms with Gasteiger partial charge in [-0.15, -0.1) is 0 Å². The maximum absolute atomic E-state index is 14.4. The first kappa shape index (κ1) is 21.4. The molecule has 0 saturated heterocycles. The van der Waals surface area contributed by atoms with E-state index in [1.165, 1.54) is 0 Å². The Morgan fingerprint density at radius 2 is 1.22 bits per heavy atom. The van der Waals surface area contributed by atoms with Gasteiger partial charge >= 0.3 is 35.3 Å². The highest BCUT2D eigenvalue weighted by Crippen LogP contribution is 2.69. The zero-order chi connectivity index (χ0) is 21.3. The second-order valence-electron chi connectivity index (χ2n) is 5.33. The Labute approximate surface area is 146 Å². The van der Waals surface area contributed by atoms with Crippen LogP contribution in [0.5, 0.6) is 0 Å². The Balaban J connectivity index is 2.71. The number of halogens is 12. The van der Waals surface area contributed by atoms with Crippen LogP contribution in [0.25, 0.3) is 0 Å². The quantitative estimate of drug-likeness (QED) is 0.545. The van der Waals surface area contributed by atoms with Gasteiger partial charge in [0.15, 0.2) is 5.15 Å². The first-order chi connectivity index (χ1) is 11.9. The number of aromatic nitrogens is 1. The van der Waals surface area contributed by atoms with Crippen LogP contribution in [-0.2, 0) is 4.79 Å². The summed E-state index contributed by atoms with van der Waals surface area (Å²) in [7, 11) is 0. The van der Waals surface area contributed by atoms with Crippen LogP contribution in [0.3, 0.4) is 0 Å². The van der Waals surface area contributed by atoms with Gasteiger partial charge in [0.05, 0.1) is 5.69 Å². The molecule has 1 aliphatic carbocycles. The molecule has 1 aromatic heterocycles. The fourth-order valence-electron chi connectivity index (χ4n) is 2.19. The summed E-state index contributed by atoms with van der Waals surface area (Å²) in [6, 6.07) is 1.50. The summed E-state index contributed by atoms with van der Waals surface area (Å²) in [6.07, 6.45) is 0.899. The molecule has 1 amide bonds. The van der Waals surface area contributed by atoms with E-state index in [0.717, 1.165) is 17.6 Å². The molecule has 0 aliphatic heterocycles. The molecule has 1 N–H and O–H groups in total. The fourth-order valence-corrected chi connectivity index (χ4v) is 2.36. The minimum absolute atomic E-state index is 0.626. The van der Waals surface area contributed by atoms with Gasteiger partial charge in [0.1, 0.15) is 0 Å². The number of pyridine rings is 1. The number of hydrogen-bond acceptors (Lipinski definition) is 2. The Morgan fingerprint density at radius 1 is 0.815 bits per heavy atom. The number of nitrogens with zero attached hydrogens (tertiary/aromatic N) is 1. The van der Waals surface area contributed by atoms with E-state index in [-0.39, 0.29) is 0 Å². The SMILES string of the molecule is O=C(Nc1cccnc1Cl)C1(F)C(F)(F)C(F)(F)C(F)(F)C(F)(F)C1(F)F. The normalized spacial score (nSPS) is 26.2. The summed E-state index contributed by atoms with van der Waals surface area (Å²) in [6.45, 7) is 0. The molecule has 152 valence electrons. The van der Waals surface area contributed by atoms with Gasteiger partial charge in [-0.1, -0.05) is 11.6 Å². The van der Waals surface area contributed by atoms with Crippen LogP contribution < -0.4 is 5.32 Å². The highest BCUT2D eigenvalue weighted by Gasteiger charge is 3.02. The molecule has 1 saturated carbocycles. The molecule has 1 aromatic rings. The van der Waals surface area contributed by atoms with Gasteiger partial charge in [-0.3, -0.25) is 4.79 Å². The van der Waals surface area contributed by atoms with E-state index in [9.17, 15) is 53.1 Å². The van der Waals surface area contributed by atoms with Crippen LogP contribution in [0, 0.1) is 0 Å². The molecule has 0 radical (unpaired) electrons. The maximum Gasteiger partial charge on any atom is 0.384 e. The van der Waals surface area contributed by atoms with Crippen LogP contribution in [-0.4, -0.2) is 46.2 Å². The molecule has 27 heavy (non-hydrogen) atoms. The molecule has 0 spiro atoms. The van der Waals surface area contributed by atoms with Crippen LogP contribution in [0.4, 0.5) is 54.0 Å². The molecular formula is C12H4ClF11N2O. The number of nitrogens with one attached hydrogen (secondary N) is 1. The average Bonchev–Trinajstić information content (AvgIpc) is 2.54. The summed E-state index contributed by atoms with van der Waals surface area (Å²) in [4.78, 5) is 14.8. The lowest BCUT2D eigenvalue weighted by Crippen LogP contribution is -2.86. The first-order valence-corrected chi connectivity index (χ1v) is 6.79. The largest absolute Gasteiger partial charge is 0.384 e. The third-order valence-electron chi connectivity index (χ3n) is 3.76. The molecule has 3 nitrogen and oxygen atoms in total. The Bertz CT molecular complexity index is 752. The molecule has 1 aliphatic rings. The highest BCUT2D eigenvalue weighted by atomic mass is 35.5. The lowest BCUT2D eigenvalue weighted by atomic mass is 9.71. The van der Waals surface area contributed by atoms with Gasteiger partial charge in [-0.05, 0) is 12.1 Å². The summed E-state index contributed by atoms with van der Waals surface area (Å²) in [5, 5.41) is -0.00579. The van der Waals surface area contributed by atoms with Crippen LogP contribution >= 0.6 is 11.6 Å². The van der Waals surface area contributed by atoms with Crippen LogP contribution in [0.2, 0.25) is 5.15 Å². The van der Waals surface area contributed by atoms with Crippen molar-refractivity contribution in [3.05, 3.63) is 23.5 Å². The van der Waals surface area contributed by atoms with E-state index in [1.807, 2.05) is 0 Å². The van der Waals surface area contributed by atoms with Crippen molar-refractivity contribution in [2.75, 3.05) is 5.32 Å². The standard InChI is InChI=1S/C12H4ClF11N2O/c13-5-4(2-1-3-25-5)26-6(27)7(14)8(15,16)10(19,20)12(23,24)11(21,22)9(7,17)18/h1-3H,(H,26,27). The molecule has 0 unspecified atom stereocenters. The number of carbonyl (C=O) groups is 1. The minimum Gasteiger partial charge on any atom is -0.320 e. The van der Waals surface area contributed by atoms with E-state index in [0.29, 0.717) is 6.07 Å². The Hall–Kier alpha value is -1.86. The number of anilines is 1. The third-order valence-corrected chi connectivity index (χ3v) is 4.06. The zero-order valence-electron chi connectivity index (χ0n) is 12.1. The van der Waals surface area contributed by atoms with Gasteiger partial charge in [0.25, 0.3) is 5.91 Å². The third kappa shape index (κ3) is 2.21. The van der Waals surface area contributed by atoms with Crippen molar-refractivity contribution in [3.8, 4) is 0 Å². The number of amides is 1. The van der Waals surface area contributed by atoms with Gasteiger partial charge in [0, 0.05) is 6.20 Å². The number of rotatable bonds is 2. The van der Waals surface area contributed by atoms with Crippen molar-refractivity contribution in [1.29, 1.82) is 0 Å². The van der Waals surface area contributed by atoms with Gasteiger partial charge in [-0.2, -0.15) is 43.9 Å². The van der Waals surface area contributed by atoms with Crippen molar-refractivity contribution < 1.29 is 53.1 Å². The lowest BCUT2D eigenvalue weighted by Gasteiger charge is -2.51. The lowest BCUT2D eigenvalue weighted by molar-refractivity contribution is -0.475. The van der Waals surface area contributed by atoms with E-state index >= 15 is 0 Å². The van der Waals surface area contributed by atoms with Crippen molar-refractivity contribution in [3.63, 3.8) is 0 Å². The predicted octanol–water partition coefficient (Wildman–Crippen LogP) is 4.57. The van der Waals surface area contributed by atoms with Gasteiger partial charge < -0.3 is 5.32 Å². The Kier molecular flexibility index (Phi) is 4.43. The maximum atomic E-state index is 14.4. The molecule has 2 rings (SSSR count). The Morgan fingerprint density at radius 3 is 1.63 bits per heavy atom. The van der Waals surface area contributed by atoms with E-state index in [4.69, 9.17) is 11.6 Å². The topological polar surface area (TPSA) is 42.0 Å². The molecule has 1 heterocycles. The van der Waals surface area contributed by atoms with Crippen molar-refractivity contribution in [1.82, 2.24) is 4.98 Å². The predicted molar refractivity (Wildman–Crippen MR) is 66.5 cm³/mol. The second kappa shape index (κ2) is 5.58. The van der Waals surface area contributed by atoms with Gasteiger partial charge in [0.2, 0.25) is 0 Å². The fraction of sp³-hybridized carbons (Fsp3) is 0.500. The molecule has 0 aromatic carbocycles. The second-order valence-corrected chi connectivity index (χ2v) is 5.68. The molecule has 15 heteroatoms. The van der Waals surface area contributed by atoms with Crippen molar-refractivity contribution in [2.24, 2.45) is 0 Å². The monoisotopic (exact) mass is 436 g/mol. The summed E-state index contributed by atoms with van der Waals surface area (Å²) < 4.78 is 148. The smallest absolute Gasteiger partial charge is 0.320 e. The average molecular weight is 437 g/mol. The molecule has 0 bridgehead atoms. The zero-order valence-corrected chi connectivity index (χ0v) is 12.9. The van der Waals surface area contributed by atoms with E-state index in [2.05, 4.69) is 4.98 Å². The number of alkyl halides is 11. The van der Waals surface area contributed by atoms with Crippen molar-refractivity contribution >= 4 is 23.2 Å². The summed E-state index contributed by atoms with van der Waals surface area (Å²) in [5.74, 6) is -40.1. The summed E-state index contributed by atoms with van der Waals surface area (Å²) >= 11 is 5.31. The number of carbonyl (C=O) groups excluding carboxylic acids is 1. The number of hydrogen-bond donors (Lipinski definition) is 1. The van der Waals surface area contributed by atoms with Crippen LogP contribution in [0.1, 0.15) is 0 Å². The van der Waals surface area contributed by atoms with E-state index < -0.39 is 52.0 Å². The first-order valence-electron chi connectivity index (χ1n) is 6.41. The minimum atomic E-state index is -7.39. The molecule has 0 atom stereocenters. The van der Waals surface area contributed by atoms with Crippen LogP contribution in [0.15, 0.2) is 18.3 Å².